The van der Waals surface area contributed by atoms with E-state index in [9.17, 15) is 19.2 Å². The van der Waals surface area contributed by atoms with Gasteiger partial charge in [-0.1, -0.05) is 0 Å². The van der Waals surface area contributed by atoms with Crippen molar-refractivity contribution < 1.29 is 38.7 Å². The molecule has 0 aromatic rings. The molecule has 0 fully saturated rings. The number of carbonyl (C=O) groups is 4. The Morgan fingerprint density at radius 3 is 1.92 bits per heavy atom. The molecular weight excluding hydrogens is 251 g/mol. The van der Waals surface area contributed by atoms with E-state index < -0.39 is 11.7 Å². The fourth-order valence-electron chi connectivity index (χ4n) is 0.547. The number of aldehydes is 2. The van der Waals surface area contributed by atoms with Crippen molar-refractivity contribution in [3.8, 4) is 0 Å². The van der Waals surface area contributed by atoms with Gasteiger partial charge in [-0.25, -0.2) is 0 Å². The van der Waals surface area contributed by atoms with Gasteiger partial charge in [-0.3, -0.25) is 9.59 Å². The molecule has 0 saturated carbocycles. The van der Waals surface area contributed by atoms with Crippen molar-refractivity contribution in [1.29, 1.82) is 0 Å². The molecule has 0 spiro atoms. The van der Waals surface area contributed by atoms with Crippen molar-refractivity contribution in [2.24, 2.45) is 5.92 Å². The molecule has 0 aromatic carbocycles. The summed E-state index contributed by atoms with van der Waals surface area (Å²) in [5, 5.41) is 0. The Morgan fingerprint density at radius 1 is 1.25 bits per heavy atom. The van der Waals surface area contributed by atoms with E-state index in [-0.39, 0.29) is 44.3 Å². The summed E-state index contributed by atoms with van der Waals surface area (Å²) in [4.78, 5) is 41.1. The maximum absolute atomic E-state index is 10.7. The van der Waals surface area contributed by atoms with Gasteiger partial charge in [-0.05, 0) is 6.92 Å². The number of hydrogen-bond acceptors (Lipinski definition) is 4. The Hall–Kier alpha value is -0.697. The van der Waals surface area contributed by atoms with Crippen LogP contribution in [0.3, 0.4) is 0 Å². The van der Waals surface area contributed by atoms with Crippen molar-refractivity contribution in [3.63, 3.8) is 0 Å². The first-order valence-corrected chi connectivity index (χ1v) is 3.04. The second kappa shape index (κ2) is 6.98. The molecule has 12 heavy (non-hydrogen) atoms. The van der Waals surface area contributed by atoms with Gasteiger partial charge >= 0.3 is 0 Å². The van der Waals surface area contributed by atoms with Gasteiger partial charge in [0.2, 0.25) is 0 Å². The predicted molar refractivity (Wildman–Crippen MR) is 35.9 cm³/mol. The molecule has 0 aliphatic rings. The Labute approximate surface area is 82.5 Å². The quantitative estimate of drug-likeness (QED) is 0.381. The second-order valence-electron chi connectivity index (χ2n) is 2.14. The van der Waals surface area contributed by atoms with Gasteiger partial charge in [-0.15, -0.1) is 0 Å². The molecule has 5 heteroatoms. The zero-order valence-corrected chi connectivity index (χ0v) is 8.04. The van der Waals surface area contributed by atoms with E-state index in [1.165, 1.54) is 6.92 Å². The molecule has 1 radical (unpaired) electrons. The van der Waals surface area contributed by atoms with Gasteiger partial charge < -0.3 is 9.59 Å². The molecule has 0 unspecified atom stereocenters. The first-order valence-electron chi connectivity index (χ1n) is 3.04. The Bertz CT molecular complexity index is 192. The van der Waals surface area contributed by atoms with Crippen molar-refractivity contribution in [2.45, 2.75) is 13.3 Å². The minimum atomic E-state index is -1.26. The molecule has 0 aliphatic carbocycles. The molecule has 0 rings (SSSR count). The largest absolute Gasteiger partial charge is 0.302 e. The number of Topliss-reactive ketones (excluding diaryl/α,β-unsaturated/α-hetero) is 2. The van der Waals surface area contributed by atoms with E-state index >= 15 is 0 Å². The van der Waals surface area contributed by atoms with Crippen LogP contribution in [0.25, 0.3) is 0 Å². The van der Waals surface area contributed by atoms with Gasteiger partial charge in [-0.2, -0.15) is 0 Å². The Morgan fingerprint density at radius 2 is 1.67 bits per heavy atom. The molecule has 0 N–H and O–H groups in total. The van der Waals surface area contributed by atoms with Crippen LogP contribution in [-0.4, -0.2) is 24.1 Å². The SMILES string of the molecule is CC(=O)CC(=O)C(C=O)C=O.[Rh]. The topological polar surface area (TPSA) is 68.3 Å². The van der Waals surface area contributed by atoms with Crippen LogP contribution in [-0.2, 0) is 38.7 Å². The molecule has 0 aromatic heterocycles. The maximum Gasteiger partial charge on any atom is 0.157 e. The third kappa shape index (κ3) is 5.02. The summed E-state index contributed by atoms with van der Waals surface area (Å²) in [7, 11) is 0. The summed E-state index contributed by atoms with van der Waals surface area (Å²) >= 11 is 0. The summed E-state index contributed by atoms with van der Waals surface area (Å²) in [5.41, 5.74) is 0. The monoisotopic (exact) mass is 259 g/mol. The van der Waals surface area contributed by atoms with Gasteiger partial charge in [0.15, 0.2) is 5.78 Å². The second-order valence-corrected chi connectivity index (χ2v) is 2.14. The fourth-order valence-corrected chi connectivity index (χ4v) is 0.547. The van der Waals surface area contributed by atoms with Crippen LogP contribution in [0.4, 0.5) is 0 Å². The van der Waals surface area contributed by atoms with Gasteiger partial charge in [0.05, 0.1) is 6.42 Å². The fraction of sp³-hybridized carbons (Fsp3) is 0.429. The van der Waals surface area contributed by atoms with Crippen molar-refractivity contribution in [1.82, 2.24) is 0 Å². The minimum Gasteiger partial charge on any atom is -0.302 e. The van der Waals surface area contributed by atoms with E-state index in [0.29, 0.717) is 0 Å². The van der Waals surface area contributed by atoms with Crippen molar-refractivity contribution in [2.75, 3.05) is 0 Å². The summed E-state index contributed by atoms with van der Waals surface area (Å²) < 4.78 is 0. The molecule has 0 saturated heterocycles. The normalized spacial score (nSPS) is 8.50. The minimum absolute atomic E-state index is 0. The molecule has 4 nitrogen and oxygen atoms in total. The van der Waals surface area contributed by atoms with E-state index in [2.05, 4.69) is 0 Å². The van der Waals surface area contributed by atoms with Crippen molar-refractivity contribution >= 4 is 24.1 Å². The zero-order valence-electron chi connectivity index (χ0n) is 6.41. The third-order valence-corrected chi connectivity index (χ3v) is 1.09. The standard InChI is InChI=1S/C7H8O4.Rh/c1-5(10)2-7(11)6(3-8)4-9;/h3-4,6H,2H2,1H3;. The molecule has 0 bridgehead atoms. The van der Waals surface area contributed by atoms with Crippen LogP contribution < -0.4 is 0 Å². The molecule has 0 aliphatic heterocycles. The average molecular weight is 259 g/mol. The first kappa shape index (κ1) is 13.9. The third-order valence-electron chi connectivity index (χ3n) is 1.09. The molecule has 0 atom stereocenters. The van der Waals surface area contributed by atoms with Crippen LogP contribution in [0.1, 0.15) is 13.3 Å². The van der Waals surface area contributed by atoms with Crippen LogP contribution in [0.5, 0.6) is 0 Å². The molecule has 0 heterocycles. The van der Waals surface area contributed by atoms with Crippen LogP contribution >= 0.6 is 0 Å². The predicted octanol–water partition coefficient (Wildman–Crippen LogP) is -0.454. The summed E-state index contributed by atoms with van der Waals surface area (Å²) in [6, 6.07) is 0. The molecular formula is C7H8O4Rh. The average Bonchev–Trinajstić information content (AvgIpc) is 1.88. The van der Waals surface area contributed by atoms with Gasteiger partial charge in [0.25, 0.3) is 0 Å². The smallest absolute Gasteiger partial charge is 0.157 e. The number of hydrogen-bond donors (Lipinski definition) is 0. The number of rotatable bonds is 5. The van der Waals surface area contributed by atoms with Crippen molar-refractivity contribution in [3.05, 3.63) is 0 Å². The van der Waals surface area contributed by atoms with E-state index in [1.54, 1.807) is 0 Å². The Kier molecular flexibility index (Phi) is 8.06. The summed E-state index contributed by atoms with van der Waals surface area (Å²) in [5.74, 6) is -2.25. The van der Waals surface area contributed by atoms with Crippen LogP contribution in [0, 0.1) is 5.92 Å². The van der Waals surface area contributed by atoms with Crippen LogP contribution in [0.2, 0.25) is 0 Å². The van der Waals surface area contributed by atoms with E-state index in [1.807, 2.05) is 0 Å². The maximum atomic E-state index is 10.7. The molecule has 69 valence electrons. The number of carbonyl (C=O) groups excluding carboxylic acids is 4. The summed E-state index contributed by atoms with van der Waals surface area (Å²) in [6.07, 6.45) is 0.124. The number of ketones is 2. The zero-order chi connectivity index (χ0) is 8.85. The van der Waals surface area contributed by atoms with E-state index in [0.717, 1.165) is 0 Å². The summed E-state index contributed by atoms with van der Waals surface area (Å²) in [6.45, 7) is 1.23. The van der Waals surface area contributed by atoms with E-state index in [4.69, 9.17) is 0 Å². The van der Waals surface area contributed by atoms with Gasteiger partial charge in [0, 0.05) is 19.5 Å². The van der Waals surface area contributed by atoms with Gasteiger partial charge in [0.1, 0.15) is 24.3 Å². The first-order chi connectivity index (χ1) is 5.11. The molecule has 0 amide bonds. The van der Waals surface area contributed by atoms with Crippen LogP contribution in [0.15, 0.2) is 0 Å². The Balaban J connectivity index is 0.